The lowest BCUT2D eigenvalue weighted by Crippen LogP contribution is -2.29. The van der Waals surface area contributed by atoms with Crippen molar-refractivity contribution in [1.82, 2.24) is 15.5 Å². The van der Waals surface area contributed by atoms with Gasteiger partial charge in [-0.05, 0) is 57.1 Å². The molecule has 1 aromatic rings. The molecule has 0 spiro atoms. The highest BCUT2D eigenvalue weighted by Crippen LogP contribution is 2.22. The predicted octanol–water partition coefficient (Wildman–Crippen LogP) is 3.21. The Hall–Kier alpha value is -0.830. The van der Waals surface area contributed by atoms with Gasteiger partial charge in [-0.15, -0.1) is 0 Å². The van der Waals surface area contributed by atoms with Gasteiger partial charge in [-0.3, -0.25) is 5.10 Å². The molecule has 0 amide bonds. The van der Waals surface area contributed by atoms with Gasteiger partial charge in [0.15, 0.2) is 0 Å². The van der Waals surface area contributed by atoms with Gasteiger partial charge in [-0.2, -0.15) is 5.10 Å². The molecule has 3 heteroatoms. The molecule has 102 valence electrons. The van der Waals surface area contributed by atoms with Gasteiger partial charge < -0.3 is 5.32 Å². The monoisotopic (exact) mass is 249 g/mol. The SMILES string of the molecule is Cc1[nH]ncc1CCCNC1CCCC(C)CC1. The summed E-state index contributed by atoms with van der Waals surface area (Å²) in [6, 6.07) is 0.764. The maximum absolute atomic E-state index is 4.07. The molecule has 1 aromatic heterocycles. The molecule has 0 aliphatic heterocycles. The van der Waals surface area contributed by atoms with Gasteiger partial charge in [0.05, 0.1) is 6.20 Å². The average Bonchev–Trinajstić information content (AvgIpc) is 2.64. The number of nitrogens with one attached hydrogen (secondary N) is 2. The molecule has 2 N–H and O–H groups in total. The van der Waals surface area contributed by atoms with E-state index >= 15 is 0 Å². The molecule has 0 saturated heterocycles. The minimum absolute atomic E-state index is 0.764. The van der Waals surface area contributed by atoms with Gasteiger partial charge in [0, 0.05) is 11.7 Å². The van der Waals surface area contributed by atoms with Gasteiger partial charge in [0.1, 0.15) is 0 Å². The zero-order valence-electron chi connectivity index (χ0n) is 11.8. The molecule has 2 unspecified atom stereocenters. The highest BCUT2D eigenvalue weighted by Gasteiger charge is 2.15. The van der Waals surface area contributed by atoms with Crippen molar-refractivity contribution in [2.24, 2.45) is 5.92 Å². The Morgan fingerprint density at radius 1 is 1.33 bits per heavy atom. The molecule has 1 fully saturated rings. The summed E-state index contributed by atoms with van der Waals surface area (Å²) >= 11 is 0. The molecule has 18 heavy (non-hydrogen) atoms. The van der Waals surface area contributed by atoms with Gasteiger partial charge >= 0.3 is 0 Å². The van der Waals surface area contributed by atoms with Gasteiger partial charge in [-0.25, -0.2) is 0 Å². The second kappa shape index (κ2) is 6.93. The van der Waals surface area contributed by atoms with Crippen LogP contribution in [0.2, 0.25) is 0 Å². The van der Waals surface area contributed by atoms with Crippen molar-refractivity contribution in [3.63, 3.8) is 0 Å². The zero-order valence-corrected chi connectivity index (χ0v) is 11.8. The normalized spacial score (nSPS) is 25.0. The quantitative estimate of drug-likeness (QED) is 0.621. The topological polar surface area (TPSA) is 40.7 Å². The van der Waals surface area contributed by atoms with Crippen LogP contribution in [0.1, 0.15) is 56.7 Å². The zero-order chi connectivity index (χ0) is 12.8. The number of nitrogens with zero attached hydrogens (tertiary/aromatic N) is 1. The van der Waals surface area contributed by atoms with Crippen LogP contribution >= 0.6 is 0 Å². The second-order valence-electron chi connectivity index (χ2n) is 5.89. The molecule has 1 aliphatic rings. The van der Waals surface area contributed by atoms with Crippen molar-refractivity contribution in [2.75, 3.05) is 6.54 Å². The van der Waals surface area contributed by atoms with Crippen molar-refractivity contribution in [1.29, 1.82) is 0 Å². The fraction of sp³-hybridized carbons (Fsp3) is 0.800. The van der Waals surface area contributed by atoms with Crippen LogP contribution in [0.5, 0.6) is 0 Å². The lowest BCUT2D eigenvalue weighted by Gasteiger charge is -2.16. The third-order valence-corrected chi connectivity index (χ3v) is 4.25. The van der Waals surface area contributed by atoms with Crippen molar-refractivity contribution in [3.05, 3.63) is 17.5 Å². The summed E-state index contributed by atoms with van der Waals surface area (Å²) in [5.41, 5.74) is 2.59. The Balaban J connectivity index is 1.62. The largest absolute Gasteiger partial charge is 0.314 e. The number of aryl methyl sites for hydroxylation is 2. The molecule has 2 atom stereocenters. The fourth-order valence-corrected chi connectivity index (χ4v) is 2.90. The van der Waals surface area contributed by atoms with Crippen molar-refractivity contribution in [3.8, 4) is 0 Å². The summed E-state index contributed by atoms with van der Waals surface area (Å²) in [7, 11) is 0. The van der Waals surface area contributed by atoms with E-state index in [2.05, 4.69) is 29.4 Å². The maximum Gasteiger partial charge on any atom is 0.0522 e. The van der Waals surface area contributed by atoms with E-state index in [1.807, 2.05) is 6.20 Å². The molecular formula is C15H27N3. The Labute approximate surface area is 111 Å². The molecule has 1 saturated carbocycles. The van der Waals surface area contributed by atoms with Gasteiger partial charge in [-0.1, -0.05) is 19.8 Å². The summed E-state index contributed by atoms with van der Waals surface area (Å²) in [5, 5.41) is 10.8. The van der Waals surface area contributed by atoms with Crippen molar-refractivity contribution in [2.45, 2.75) is 64.8 Å². The lowest BCUT2D eigenvalue weighted by molar-refractivity contribution is 0.445. The molecular weight excluding hydrogens is 222 g/mol. The van der Waals surface area contributed by atoms with E-state index in [4.69, 9.17) is 0 Å². The lowest BCUT2D eigenvalue weighted by atomic mass is 10.0. The van der Waals surface area contributed by atoms with Crippen LogP contribution < -0.4 is 5.32 Å². The number of H-pyrrole nitrogens is 1. The number of hydrogen-bond donors (Lipinski definition) is 2. The minimum Gasteiger partial charge on any atom is -0.314 e. The highest BCUT2D eigenvalue weighted by molar-refractivity contribution is 5.14. The van der Waals surface area contributed by atoms with E-state index in [0.717, 1.165) is 24.9 Å². The molecule has 1 aliphatic carbocycles. The van der Waals surface area contributed by atoms with E-state index in [1.165, 1.54) is 49.8 Å². The van der Waals surface area contributed by atoms with E-state index in [-0.39, 0.29) is 0 Å². The Bertz CT molecular complexity index is 345. The smallest absolute Gasteiger partial charge is 0.0522 e. The van der Waals surface area contributed by atoms with E-state index < -0.39 is 0 Å². The van der Waals surface area contributed by atoms with Crippen molar-refractivity contribution < 1.29 is 0 Å². The average molecular weight is 249 g/mol. The first kappa shape index (κ1) is 13.6. The van der Waals surface area contributed by atoms with Crippen LogP contribution in [0.25, 0.3) is 0 Å². The summed E-state index contributed by atoms with van der Waals surface area (Å²) in [6.07, 6.45) is 11.3. The van der Waals surface area contributed by atoms with Gasteiger partial charge in [0.2, 0.25) is 0 Å². The van der Waals surface area contributed by atoms with Crippen LogP contribution in [0.3, 0.4) is 0 Å². The third kappa shape index (κ3) is 4.13. The number of aromatic amines is 1. The Morgan fingerprint density at radius 2 is 2.22 bits per heavy atom. The van der Waals surface area contributed by atoms with Crippen molar-refractivity contribution >= 4 is 0 Å². The van der Waals surface area contributed by atoms with Crippen LogP contribution in [-0.4, -0.2) is 22.8 Å². The highest BCUT2D eigenvalue weighted by atomic mass is 15.1. The fourth-order valence-electron chi connectivity index (χ4n) is 2.90. The van der Waals surface area contributed by atoms with Crippen LogP contribution in [0, 0.1) is 12.8 Å². The van der Waals surface area contributed by atoms with E-state index in [9.17, 15) is 0 Å². The van der Waals surface area contributed by atoms with Crippen LogP contribution in [-0.2, 0) is 6.42 Å². The third-order valence-electron chi connectivity index (χ3n) is 4.25. The summed E-state index contributed by atoms with van der Waals surface area (Å²) in [5.74, 6) is 0.936. The number of aromatic nitrogens is 2. The second-order valence-corrected chi connectivity index (χ2v) is 5.89. The standard InChI is InChI=1S/C15H27N3/c1-12-5-3-7-15(9-8-12)16-10-4-6-14-11-17-18-13(14)2/h11-12,15-16H,3-10H2,1-2H3,(H,17,18). The summed E-state index contributed by atoms with van der Waals surface area (Å²) < 4.78 is 0. The summed E-state index contributed by atoms with van der Waals surface area (Å²) in [4.78, 5) is 0. The van der Waals surface area contributed by atoms with Gasteiger partial charge in [0.25, 0.3) is 0 Å². The first-order valence-corrected chi connectivity index (χ1v) is 7.48. The first-order chi connectivity index (χ1) is 8.75. The predicted molar refractivity (Wildman–Crippen MR) is 75.7 cm³/mol. The Kier molecular flexibility index (Phi) is 5.24. The number of rotatable bonds is 5. The minimum atomic E-state index is 0.764. The first-order valence-electron chi connectivity index (χ1n) is 7.48. The summed E-state index contributed by atoms with van der Waals surface area (Å²) in [6.45, 7) is 5.64. The molecule has 3 nitrogen and oxygen atoms in total. The van der Waals surface area contributed by atoms with E-state index in [0.29, 0.717) is 0 Å². The molecule has 0 aromatic carbocycles. The number of hydrogen-bond acceptors (Lipinski definition) is 2. The molecule has 1 heterocycles. The molecule has 0 radical (unpaired) electrons. The Morgan fingerprint density at radius 3 is 3.00 bits per heavy atom. The molecule has 0 bridgehead atoms. The molecule has 2 rings (SSSR count). The maximum atomic E-state index is 4.07. The van der Waals surface area contributed by atoms with E-state index in [1.54, 1.807) is 0 Å². The van der Waals surface area contributed by atoms with Crippen LogP contribution in [0.15, 0.2) is 6.20 Å². The van der Waals surface area contributed by atoms with Crippen LogP contribution in [0.4, 0.5) is 0 Å².